The van der Waals surface area contributed by atoms with Crippen LogP contribution in [0.25, 0.3) is 0 Å². The van der Waals surface area contributed by atoms with Crippen molar-refractivity contribution in [1.29, 1.82) is 0 Å². The third kappa shape index (κ3) is 18.6. The molecule has 0 aliphatic carbocycles. The molecule has 10 rings (SSSR count). The Balaban J connectivity index is 0.000000307. The Bertz CT molecular complexity index is 2290. The average molecular weight is 1120 g/mol. The van der Waals surface area contributed by atoms with E-state index >= 15 is 0 Å². The fourth-order valence-corrected chi connectivity index (χ4v) is 7.14. The number of allylic oxidation sites excluding steroid dienone is 3. The predicted molar refractivity (Wildman–Crippen MR) is 270 cm³/mol. The number of rotatable bonds is 5. The van der Waals surface area contributed by atoms with Crippen LogP contribution >= 0.6 is 0 Å². The van der Waals surface area contributed by atoms with E-state index in [1.807, 2.05) is 18.2 Å². The van der Waals surface area contributed by atoms with Crippen LogP contribution in [-0.2, 0) is 58.7 Å². The minimum atomic E-state index is -1.36. The largest absolute Gasteiger partial charge is 0.505 e. The van der Waals surface area contributed by atoms with Crippen LogP contribution in [0.1, 0.15) is 40.2 Å². The van der Waals surface area contributed by atoms with Gasteiger partial charge in [-0.2, -0.15) is 0 Å². The van der Waals surface area contributed by atoms with E-state index in [0.29, 0.717) is 42.5 Å². The van der Waals surface area contributed by atoms with Crippen molar-refractivity contribution in [3.05, 3.63) is 127 Å². The second-order valence-corrected chi connectivity index (χ2v) is 17.5. The molecule has 9 heterocycles. The Morgan fingerprint density at radius 1 is 0.692 bits per heavy atom. The molecule has 0 saturated carbocycles. The van der Waals surface area contributed by atoms with Crippen LogP contribution in [0.2, 0.25) is 0 Å². The lowest BCUT2D eigenvalue weighted by Crippen LogP contribution is -2.35. The zero-order valence-corrected chi connectivity index (χ0v) is 42.5. The number of carbonyl (C=O) groups is 3. The summed E-state index contributed by atoms with van der Waals surface area (Å²) in [5.74, 6) is -0.883. The first-order valence-corrected chi connectivity index (χ1v) is 23.7. The highest BCUT2D eigenvalue weighted by Gasteiger charge is 2.55. The van der Waals surface area contributed by atoms with Crippen molar-refractivity contribution in [3.63, 3.8) is 0 Å². The fourth-order valence-electron chi connectivity index (χ4n) is 7.14. The fraction of sp³-hybridized carbons (Fsp3) is 0.519. The van der Waals surface area contributed by atoms with E-state index in [4.69, 9.17) is 94.4 Å². The third-order valence-electron chi connectivity index (χ3n) is 11.7. The summed E-state index contributed by atoms with van der Waals surface area (Å²) in [6, 6.07) is 8.18. The minimum absolute atomic E-state index is 0. The molecular weight excluding hydrogens is 1040 g/mol. The lowest BCUT2D eigenvalue weighted by molar-refractivity contribution is -0.152. The van der Waals surface area contributed by atoms with Crippen molar-refractivity contribution in [3.8, 4) is 5.75 Å². The summed E-state index contributed by atoms with van der Waals surface area (Å²) in [6.07, 6.45) is -7.87. The van der Waals surface area contributed by atoms with Crippen LogP contribution in [0, 0.1) is 0 Å². The van der Waals surface area contributed by atoms with Crippen LogP contribution in [0.3, 0.4) is 0 Å². The van der Waals surface area contributed by atoms with Gasteiger partial charge in [0.1, 0.15) is 78.5 Å². The summed E-state index contributed by atoms with van der Waals surface area (Å²) in [5.41, 5.74) is 2.01. The molecule has 0 amide bonds. The SMILES string of the molecule is C.C=C1C=CC(O)O1.C=C1COC(C)=C1O.C=C1OC(C(O)CO)C(=O)C1=O.C=C1OC(C(O)CO)C(O)=C1O.C=C1OCCC1O.CC1OC(CO)C(O)C1O.CC1OC2C(O)C(=O)OC2C1O.c1ccc2c(c1)CCO2. The molecule has 1 aromatic carbocycles. The number of para-hydroxylation sites is 1. The highest BCUT2D eigenvalue weighted by Crippen LogP contribution is 2.32. The summed E-state index contributed by atoms with van der Waals surface area (Å²) in [6.45, 7) is 22.4. The number of ether oxygens (including phenoxy) is 9. The van der Waals surface area contributed by atoms with E-state index in [0.717, 1.165) is 18.8 Å². The maximum Gasteiger partial charge on any atom is 0.338 e. The highest BCUT2D eigenvalue weighted by molar-refractivity contribution is 6.46. The molecule has 0 spiro atoms. The predicted octanol–water partition coefficient (Wildman–Crippen LogP) is -0.815. The summed E-state index contributed by atoms with van der Waals surface area (Å²) >= 11 is 0. The number of Topliss-reactive ketones (excluding diaryl/α,β-unsaturated/α-hetero) is 2. The van der Waals surface area contributed by atoms with Crippen LogP contribution in [0.15, 0.2) is 121 Å². The molecule has 15 unspecified atom stereocenters. The molecule has 78 heavy (non-hydrogen) atoms. The number of aliphatic hydroxyl groups is 14. The second kappa shape index (κ2) is 31.9. The first kappa shape index (κ1) is 67.7. The van der Waals surface area contributed by atoms with Gasteiger partial charge in [0.25, 0.3) is 5.78 Å². The van der Waals surface area contributed by atoms with E-state index in [1.54, 1.807) is 26.8 Å². The van der Waals surface area contributed by atoms with E-state index < -0.39 is 122 Å². The molecule has 0 bridgehead atoms. The number of hydrogen-bond acceptors (Lipinski definition) is 26. The number of fused-ring (bicyclic) bond motifs is 2. The maximum absolute atomic E-state index is 10.9. The van der Waals surface area contributed by atoms with Crippen molar-refractivity contribution < 1.29 is 129 Å². The topological polar surface area (TPSA) is 418 Å². The molecule has 14 N–H and O–H groups in total. The van der Waals surface area contributed by atoms with Gasteiger partial charge in [0.15, 0.2) is 53.2 Å². The smallest absolute Gasteiger partial charge is 0.338 e. The van der Waals surface area contributed by atoms with Gasteiger partial charge in [0.2, 0.25) is 12.1 Å². The summed E-state index contributed by atoms with van der Waals surface area (Å²) in [4.78, 5) is 32.5. The quantitative estimate of drug-likeness (QED) is 0.0973. The lowest BCUT2D eigenvalue weighted by atomic mass is 10.1. The molecule has 5 fully saturated rings. The summed E-state index contributed by atoms with van der Waals surface area (Å²) in [7, 11) is 0. The maximum atomic E-state index is 10.9. The standard InChI is InChI=1S/C8H8O.2C7H10O5.C7H8O5.C6H12O4.C6H8O2.C5H8O2.C5H6O2.CH4/c1-2-4-8-7(3-1)5-6-9-8;1-2-3(8)5-6(11-2)4(9)7(10)12-5;2*1-3-5(10)6(11)7(12-3)4(9)2-8;1-3-5(8)6(9)4(2-7)10-3;1-4-3-8-5(2)6(4)7;1-4-5(6)2-3-7-4;1-4-2-3-5(6)7-4;/h1-4H,5-6H2;2-6,8-9H,1H3;4,7-11H,1-2H2;4,7-9H,1-2H2;3-9H,2H2,1H3;7H,1,3H2,2H3;5-6H,1-3H2;2-3,5-6H,1H2;1H4. The summed E-state index contributed by atoms with van der Waals surface area (Å²) in [5, 5.41) is 125. The van der Waals surface area contributed by atoms with Crippen molar-refractivity contribution in [2.75, 3.05) is 39.6 Å². The number of esters is 1. The normalized spacial score (nSPS) is 31.1. The van der Waals surface area contributed by atoms with Gasteiger partial charge in [-0.15, -0.1) is 0 Å². The van der Waals surface area contributed by atoms with E-state index in [-0.39, 0.29) is 43.5 Å². The molecule has 9 aliphatic rings. The monoisotopic (exact) mass is 1110 g/mol. The Morgan fingerprint density at radius 3 is 1.65 bits per heavy atom. The molecule has 1 aromatic rings. The molecule has 0 aromatic heterocycles. The highest BCUT2D eigenvalue weighted by atomic mass is 16.6. The van der Waals surface area contributed by atoms with Crippen LogP contribution in [0.4, 0.5) is 0 Å². The Kier molecular flexibility index (Phi) is 27.7. The Morgan fingerprint density at radius 2 is 1.29 bits per heavy atom. The minimum Gasteiger partial charge on any atom is -0.505 e. The van der Waals surface area contributed by atoms with Crippen LogP contribution < -0.4 is 4.74 Å². The number of ketones is 2. The first-order chi connectivity index (χ1) is 36.2. The molecule has 0 radical (unpaired) electrons. The van der Waals surface area contributed by atoms with Crippen molar-refractivity contribution in [1.82, 2.24) is 0 Å². The van der Waals surface area contributed by atoms with Crippen molar-refractivity contribution in [2.24, 2.45) is 0 Å². The average Bonchev–Trinajstić information content (AvgIpc) is 4.35. The molecule has 438 valence electrons. The van der Waals surface area contributed by atoms with E-state index in [1.165, 1.54) is 11.6 Å². The van der Waals surface area contributed by atoms with Crippen LogP contribution in [0.5, 0.6) is 5.75 Å². The Labute approximate surface area is 449 Å². The summed E-state index contributed by atoms with van der Waals surface area (Å²) < 4.78 is 43.9. The first-order valence-electron chi connectivity index (χ1n) is 23.7. The van der Waals surface area contributed by atoms with Crippen molar-refractivity contribution >= 4 is 17.5 Å². The molecular formula is C52H74O26. The van der Waals surface area contributed by atoms with E-state index in [2.05, 4.69) is 48.4 Å². The molecule has 26 heteroatoms. The van der Waals surface area contributed by atoms with E-state index in [9.17, 15) is 24.6 Å². The van der Waals surface area contributed by atoms with Gasteiger partial charge in [-0.25, -0.2) is 4.79 Å². The third-order valence-corrected chi connectivity index (χ3v) is 11.7. The Hall–Kier alpha value is -6.37. The zero-order chi connectivity index (χ0) is 58.0. The number of benzene rings is 1. The molecule has 15 atom stereocenters. The van der Waals surface area contributed by atoms with Gasteiger partial charge in [-0.3, -0.25) is 9.59 Å². The zero-order valence-electron chi connectivity index (χ0n) is 42.5. The second-order valence-electron chi connectivity index (χ2n) is 17.5. The molecule has 9 aliphatic heterocycles. The number of aliphatic hydroxyl groups excluding tert-OH is 14. The van der Waals surface area contributed by atoms with Gasteiger partial charge in [0.05, 0.1) is 45.2 Å². The van der Waals surface area contributed by atoms with Gasteiger partial charge in [0, 0.05) is 18.4 Å². The number of hydrogen-bond donors (Lipinski definition) is 14. The van der Waals surface area contributed by atoms with Gasteiger partial charge < -0.3 is 114 Å². The number of carbonyl (C=O) groups excluding carboxylic acids is 3. The van der Waals surface area contributed by atoms with Crippen LogP contribution in [-0.4, -0.2) is 220 Å². The molecule has 5 saturated heterocycles. The van der Waals surface area contributed by atoms with Gasteiger partial charge in [-0.05, 0) is 44.6 Å². The van der Waals surface area contributed by atoms with Crippen molar-refractivity contribution in [2.45, 2.75) is 133 Å². The van der Waals surface area contributed by atoms with Gasteiger partial charge in [-0.1, -0.05) is 58.5 Å². The lowest BCUT2D eigenvalue weighted by Gasteiger charge is -2.15. The van der Waals surface area contributed by atoms with Gasteiger partial charge >= 0.3 is 5.97 Å². The molecule has 26 nitrogen and oxygen atoms in total.